The number of halogens is 1. The van der Waals surface area contributed by atoms with Gasteiger partial charge in [0.25, 0.3) is 0 Å². The van der Waals surface area contributed by atoms with Gasteiger partial charge in [0, 0.05) is 12.3 Å². The number of hydrogen-bond acceptors (Lipinski definition) is 4. The van der Waals surface area contributed by atoms with Gasteiger partial charge in [0.1, 0.15) is 5.75 Å². The maximum absolute atomic E-state index is 5.83. The molecule has 4 nitrogen and oxygen atoms in total. The van der Waals surface area contributed by atoms with Crippen LogP contribution in [0.4, 0.5) is 0 Å². The SMILES string of the molecule is Clc1cncc(Oc2cnc3ccccc3n2)c1. The minimum atomic E-state index is 0.415. The molecule has 3 rings (SSSR count). The van der Waals surface area contributed by atoms with Crippen molar-refractivity contribution in [1.82, 2.24) is 15.0 Å². The lowest BCUT2D eigenvalue weighted by molar-refractivity contribution is 0.460. The van der Waals surface area contributed by atoms with E-state index in [1.165, 1.54) is 0 Å². The Hall–Kier alpha value is -2.20. The summed E-state index contributed by atoms with van der Waals surface area (Å²) in [5.74, 6) is 0.949. The summed E-state index contributed by atoms with van der Waals surface area (Å²) < 4.78 is 5.55. The van der Waals surface area contributed by atoms with Crippen LogP contribution >= 0.6 is 11.6 Å². The van der Waals surface area contributed by atoms with Gasteiger partial charge in [-0.2, -0.15) is 0 Å². The molecule has 0 N–H and O–H groups in total. The molecule has 0 fully saturated rings. The minimum absolute atomic E-state index is 0.415. The molecule has 0 saturated carbocycles. The highest BCUT2D eigenvalue weighted by atomic mass is 35.5. The highest BCUT2D eigenvalue weighted by molar-refractivity contribution is 6.30. The Balaban J connectivity index is 1.95. The molecule has 0 amide bonds. The molecule has 0 spiro atoms. The van der Waals surface area contributed by atoms with Gasteiger partial charge in [-0.1, -0.05) is 23.7 Å². The summed E-state index contributed by atoms with van der Waals surface area (Å²) in [6.45, 7) is 0. The standard InChI is InChI=1S/C13H8ClN3O/c14-9-5-10(7-15-6-9)18-13-8-16-11-3-1-2-4-12(11)17-13/h1-8H. The molecular formula is C13H8ClN3O. The summed E-state index contributed by atoms with van der Waals surface area (Å²) in [4.78, 5) is 12.5. The maximum atomic E-state index is 5.83. The molecule has 0 aliphatic carbocycles. The molecule has 5 heteroatoms. The molecule has 2 heterocycles. The molecule has 0 aliphatic rings. The molecule has 18 heavy (non-hydrogen) atoms. The van der Waals surface area contributed by atoms with E-state index in [-0.39, 0.29) is 0 Å². The molecule has 2 aromatic heterocycles. The van der Waals surface area contributed by atoms with E-state index in [4.69, 9.17) is 16.3 Å². The van der Waals surface area contributed by atoms with E-state index in [9.17, 15) is 0 Å². The number of para-hydroxylation sites is 2. The van der Waals surface area contributed by atoms with Crippen LogP contribution in [0.25, 0.3) is 11.0 Å². The number of hydrogen-bond donors (Lipinski definition) is 0. The van der Waals surface area contributed by atoms with Crippen LogP contribution in [0.3, 0.4) is 0 Å². The summed E-state index contributed by atoms with van der Waals surface area (Å²) in [5.41, 5.74) is 1.61. The third-order valence-corrected chi connectivity index (χ3v) is 2.54. The first-order valence-corrected chi connectivity index (χ1v) is 5.69. The molecule has 0 bridgehead atoms. The van der Waals surface area contributed by atoms with E-state index in [0.717, 1.165) is 11.0 Å². The van der Waals surface area contributed by atoms with Crippen molar-refractivity contribution in [3.05, 3.63) is 53.9 Å². The number of benzene rings is 1. The van der Waals surface area contributed by atoms with Crippen molar-refractivity contribution in [2.75, 3.05) is 0 Å². The van der Waals surface area contributed by atoms with E-state index < -0.39 is 0 Å². The predicted octanol–water partition coefficient (Wildman–Crippen LogP) is 3.47. The van der Waals surface area contributed by atoms with Crippen LogP contribution in [0.15, 0.2) is 48.9 Å². The Kier molecular flexibility index (Phi) is 2.78. The van der Waals surface area contributed by atoms with Gasteiger partial charge >= 0.3 is 0 Å². The summed E-state index contributed by atoms with van der Waals surface area (Å²) >= 11 is 5.83. The number of pyridine rings is 1. The smallest absolute Gasteiger partial charge is 0.238 e. The molecular weight excluding hydrogens is 250 g/mol. The van der Waals surface area contributed by atoms with Crippen LogP contribution < -0.4 is 4.74 Å². The molecule has 0 radical (unpaired) electrons. The van der Waals surface area contributed by atoms with Crippen LogP contribution in [-0.2, 0) is 0 Å². The van der Waals surface area contributed by atoms with Gasteiger partial charge in [0.15, 0.2) is 0 Å². The second-order valence-electron chi connectivity index (χ2n) is 3.64. The van der Waals surface area contributed by atoms with Gasteiger partial charge in [-0.25, -0.2) is 9.97 Å². The monoisotopic (exact) mass is 257 g/mol. The first kappa shape index (κ1) is 10.9. The van der Waals surface area contributed by atoms with E-state index in [1.807, 2.05) is 24.3 Å². The maximum Gasteiger partial charge on any atom is 0.238 e. The van der Waals surface area contributed by atoms with E-state index in [2.05, 4.69) is 15.0 Å². The average Bonchev–Trinajstić information content (AvgIpc) is 2.39. The lowest BCUT2D eigenvalue weighted by Gasteiger charge is -2.04. The van der Waals surface area contributed by atoms with Crippen LogP contribution in [0.1, 0.15) is 0 Å². The predicted molar refractivity (Wildman–Crippen MR) is 68.9 cm³/mol. The third kappa shape index (κ3) is 2.24. The number of nitrogens with zero attached hydrogens (tertiary/aromatic N) is 3. The topological polar surface area (TPSA) is 47.9 Å². The van der Waals surface area contributed by atoms with Crippen molar-refractivity contribution in [3.8, 4) is 11.6 Å². The highest BCUT2D eigenvalue weighted by Gasteiger charge is 2.02. The summed E-state index contributed by atoms with van der Waals surface area (Å²) in [6, 6.07) is 9.27. The summed E-state index contributed by atoms with van der Waals surface area (Å²) in [7, 11) is 0. The quantitative estimate of drug-likeness (QED) is 0.705. The van der Waals surface area contributed by atoms with Gasteiger partial charge in [0.05, 0.1) is 28.4 Å². The molecule has 0 aliphatic heterocycles. The van der Waals surface area contributed by atoms with E-state index in [0.29, 0.717) is 16.7 Å². The van der Waals surface area contributed by atoms with Crippen molar-refractivity contribution >= 4 is 22.6 Å². The number of aromatic nitrogens is 3. The van der Waals surface area contributed by atoms with Gasteiger partial charge in [-0.3, -0.25) is 4.98 Å². The van der Waals surface area contributed by atoms with Crippen molar-refractivity contribution in [1.29, 1.82) is 0 Å². The lowest BCUT2D eigenvalue weighted by Crippen LogP contribution is -1.91. The molecule has 88 valence electrons. The zero-order valence-corrected chi connectivity index (χ0v) is 10.0. The highest BCUT2D eigenvalue weighted by Crippen LogP contribution is 2.22. The Labute approximate surface area is 108 Å². The van der Waals surface area contributed by atoms with E-state index in [1.54, 1.807) is 24.7 Å². The Morgan fingerprint density at radius 2 is 1.83 bits per heavy atom. The van der Waals surface area contributed by atoms with Crippen LogP contribution in [0.5, 0.6) is 11.6 Å². The van der Waals surface area contributed by atoms with Gasteiger partial charge < -0.3 is 4.74 Å². The largest absolute Gasteiger partial charge is 0.436 e. The number of rotatable bonds is 2. The fourth-order valence-electron chi connectivity index (χ4n) is 1.56. The minimum Gasteiger partial charge on any atom is -0.436 e. The molecule has 0 atom stereocenters. The average molecular weight is 258 g/mol. The Morgan fingerprint density at radius 1 is 1.00 bits per heavy atom. The van der Waals surface area contributed by atoms with Crippen molar-refractivity contribution in [2.24, 2.45) is 0 Å². The summed E-state index contributed by atoms with van der Waals surface area (Å²) in [5, 5.41) is 0.515. The van der Waals surface area contributed by atoms with Gasteiger partial charge in [-0.05, 0) is 12.1 Å². The fourth-order valence-corrected chi connectivity index (χ4v) is 1.72. The van der Waals surface area contributed by atoms with Gasteiger partial charge in [0.2, 0.25) is 5.88 Å². The van der Waals surface area contributed by atoms with Gasteiger partial charge in [-0.15, -0.1) is 0 Å². The molecule has 1 aromatic carbocycles. The van der Waals surface area contributed by atoms with Crippen LogP contribution in [-0.4, -0.2) is 15.0 Å². The molecule has 0 saturated heterocycles. The second kappa shape index (κ2) is 4.58. The molecule has 3 aromatic rings. The second-order valence-corrected chi connectivity index (χ2v) is 4.07. The molecule has 0 unspecified atom stereocenters. The van der Waals surface area contributed by atoms with Crippen molar-refractivity contribution < 1.29 is 4.74 Å². The first-order valence-electron chi connectivity index (χ1n) is 5.31. The zero-order chi connectivity index (χ0) is 12.4. The third-order valence-electron chi connectivity index (χ3n) is 2.33. The van der Waals surface area contributed by atoms with Crippen molar-refractivity contribution in [3.63, 3.8) is 0 Å². The van der Waals surface area contributed by atoms with E-state index >= 15 is 0 Å². The van der Waals surface area contributed by atoms with Crippen LogP contribution in [0.2, 0.25) is 5.02 Å². The normalized spacial score (nSPS) is 10.5. The van der Waals surface area contributed by atoms with Crippen molar-refractivity contribution in [2.45, 2.75) is 0 Å². The number of ether oxygens (including phenoxy) is 1. The van der Waals surface area contributed by atoms with Crippen LogP contribution in [0, 0.1) is 0 Å². The Bertz CT molecular complexity index is 702. The summed E-state index contributed by atoms with van der Waals surface area (Å²) in [6.07, 6.45) is 4.69. The first-order chi connectivity index (χ1) is 8.81. The Morgan fingerprint density at radius 3 is 2.67 bits per heavy atom. The number of fused-ring (bicyclic) bond motifs is 1. The fraction of sp³-hybridized carbons (Fsp3) is 0. The zero-order valence-electron chi connectivity index (χ0n) is 9.25. The lowest BCUT2D eigenvalue weighted by atomic mass is 10.3.